The van der Waals surface area contributed by atoms with Gasteiger partial charge in [-0.15, -0.1) is 0 Å². The van der Waals surface area contributed by atoms with Crippen LogP contribution in [0.1, 0.15) is 60.7 Å². The number of nitrogens with zero attached hydrogens (tertiary/aromatic N) is 2. The number of hydrogen-bond acceptors (Lipinski definition) is 3. The minimum absolute atomic E-state index is 0.107. The molecule has 0 atom stereocenters. The molecule has 0 radical (unpaired) electrons. The zero-order valence-electron chi connectivity index (χ0n) is 18.4. The van der Waals surface area contributed by atoms with Crippen LogP contribution in [0.15, 0.2) is 53.5 Å². The molecule has 0 spiro atoms. The van der Waals surface area contributed by atoms with Crippen LogP contribution < -0.4 is 0 Å². The first kappa shape index (κ1) is 20.6. The van der Waals surface area contributed by atoms with E-state index in [1.54, 1.807) is 0 Å². The standard InChI is InChI=1S/C26H32N2O2/c1-26(2,3)23-10-8-22(9-11-23)25(29)28-15-12-20(13-16-28)18-19-4-6-21(7-5-19)24-27-14-17-30-24/h4-11,20H,12-18H2,1-3H3. The molecule has 0 aromatic heterocycles. The van der Waals surface area contributed by atoms with Crippen LogP contribution in [0, 0.1) is 5.92 Å². The third-order valence-corrected chi connectivity index (χ3v) is 6.21. The lowest BCUT2D eigenvalue weighted by atomic mass is 9.86. The van der Waals surface area contributed by atoms with E-state index in [-0.39, 0.29) is 11.3 Å². The van der Waals surface area contributed by atoms with Gasteiger partial charge in [0.25, 0.3) is 5.91 Å². The average Bonchev–Trinajstić information content (AvgIpc) is 3.29. The summed E-state index contributed by atoms with van der Waals surface area (Å²) in [6.07, 6.45) is 3.18. The molecule has 0 aliphatic carbocycles. The summed E-state index contributed by atoms with van der Waals surface area (Å²) in [4.78, 5) is 19.3. The number of piperidine rings is 1. The van der Waals surface area contributed by atoms with E-state index < -0.39 is 0 Å². The Balaban J connectivity index is 1.29. The Hall–Kier alpha value is -2.62. The lowest BCUT2D eigenvalue weighted by Crippen LogP contribution is -2.38. The van der Waals surface area contributed by atoms with Crippen molar-refractivity contribution in [3.8, 4) is 0 Å². The highest BCUT2D eigenvalue weighted by Gasteiger charge is 2.24. The molecule has 2 aromatic carbocycles. The molecule has 158 valence electrons. The van der Waals surface area contributed by atoms with Gasteiger partial charge in [0.2, 0.25) is 5.90 Å². The van der Waals surface area contributed by atoms with Gasteiger partial charge in [0.05, 0.1) is 6.54 Å². The first-order valence-electron chi connectivity index (χ1n) is 11.1. The quantitative estimate of drug-likeness (QED) is 0.731. The fraction of sp³-hybridized carbons (Fsp3) is 0.462. The molecule has 0 N–H and O–H groups in total. The molecule has 0 unspecified atom stereocenters. The van der Waals surface area contributed by atoms with E-state index in [1.165, 1.54) is 11.1 Å². The number of carbonyl (C=O) groups excluding carboxylic acids is 1. The van der Waals surface area contributed by atoms with Crippen LogP contribution in [0.5, 0.6) is 0 Å². The second kappa shape index (κ2) is 8.63. The number of likely N-dealkylation sites (tertiary alicyclic amines) is 1. The van der Waals surface area contributed by atoms with Crippen molar-refractivity contribution in [1.82, 2.24) is 4.90 Å². The number of hydrogen-bond donors (Lipinski definition) is 0. The molecule has 2 heterocycles. The van der Waals surface area contributed by atoms with Crippen LogP contribution in [0.3, 0.4) is 0 Å². The Bertz CT molecular complexity index is 900. The summed E-state index contributed by atoms with van der Waals surface area (Å²) in [6.45, 7) is 9.71. The SMILES string of the molecule is CC(C)(C)c1ccc(C(=O)N2CCC(Cc3ccc(C4=NCCO4)cc3)CC2)cc1. The molecule has 1 amide bonds. The van der Waals surface area contributed by atoms with Gasteiger partial charge >= 0.3 is 0 Å². The second-order valence-corrected chi connectivity index (χ2v) is 9.50. The van der Waals surface area contributed by atoms with Crippen molar-refractivity contribution in [3.63, 3.8) is 0 Å². The summed E-state index contributed by atoms with van der Waals surface area (Å²) in [5.41, 5.74) is 4.58. The number of benzene rings is 2. The molecule has 30 heavy (non-hydrogen) atoms. The third kappa shape index (κ3) is 4.75. The second-order valence-electron chi connectivity index (χ2n) is 9.50. The molecule has 2 aromatic rings. The molecule has 4 rings (SSSR count). The third-order valence-electron chi connectivity index (χ3n) is 6.21. The largest absolute Gasteiger partial charge is 0.476 e. The Labute approximate surface area is 180 Å². The van der Waals surface area contributed by atoms with Crippen molar-refractivity contribution in [1.29, 1.82) is 0 Å². The maximum Gasteiger partial charge on any atom is 0.253 e. The van der Waals surface area contributed by atoms with Crippen molar-refractivity contribution in [2.24, 2.45) is 10.9 Å². The lowest BCUT2D eigenvalue weighted by Gasteiger charge is -2.32. The molecular formula is C26H32N2O2. The molecule has 0 bridgehead atoms. The number of rotatable bonds is 4. The minimum Gasteiger partial charge on any atom is -0.476 e. The highest BCUT2D eigenvalue weighted by atomic mass is 16.5. The summed E-state index contributed by atoms with van der Waals surface area (Å²) >= 11 is 0. The van der Waals surface area contributed by atoms with Crippen molar-refractivity contribution in [2.75, 3.05) is 26.2 Å². The highest BCUT2D eigenvalue weighted by Crippen LogP contribution is 2.25. The van der Waals surface area contributed by atoms with Crippen molar-refractivity contribution >= 4 is 11.8 Å². The normalized spacial score (nSPS) is 17.6. The zero-order valence-corrected chi connectivity index (χ0v) is 18.4. The minimum atomic E-state index is 0.107. The molecule has 4 heteroatoms. The zero-order chi connectivity index (χ0) is 21.1. The van der Waals surface area contributed by atoms with E-state index >= 15 is 0 Å². The van der Waals surface area contributed by atoms with Gasteiger partial charge in [-0.1, -0.05) is 45.0 Å². The van der Waals surface area contributed by atoms with E-state index in [0.717, 1.165) is 55.9 Å². The molecule has 4 nitrogen and oxygen atoms in total. The molecule has 1 fully saturated rings. The summed E-state index contributed by atoms with van der Waals surface area (Å²) in [5, 5.41) is 0. The Kier molecular flexibility index (Phi) is 5.94. The van der Waals surface area contributed by atoms with Gasteiger partial charge in [0.1, 0.15) is 6.61 Å². The topological polar surface area (TPSA) is 41.9 Å². The van der Waals surface area contributed by atoms with E-state index in [4.69, 9.17) is 4.74 Å². The predicted molar refractivity (Wildman–Crippen MR) is 121 cm³/mol. The number of carbonyl (C=O) groups is 1. The van der Waals surface area contributed by atoms with Crippen LogP contribution in [-0.4, -0.2) is 42.9 Å². The van der Waals surface area contributed by atoms with Crippen LogP contribution in [0.4, 0.5) is 0 Å². The number of amides is 1. The van der Waals surface area contributed by atoms with E-state index in [2.05, 4.69) is 62.2 Å². The Morgan fingerprint density at radius 3 is 2.27 bits per heavy atom. The van der Waals surface area contributed by atoms with E-state index in [0.29, 0.717) is 12.5 Å². The first-order chi connectivity index (χ1) is 14.4. The molecular weight excluding hydrogens is 372 g/mol. The lowest BCUT2D eigenvalue weighted by molar-refractivity contribution is 0.0690. The monoisotopic (exact) mass is 404 g/mol. The molecule has 0 saturated carbocycles. The number of aliphatic imine (C=N–C) groups is 1. The summed E-state index contributed by atoms with van der Waals surface area (Å²) in [5.74, 6) is 1.56. The van der Waals surface area contributed by atoms with Gasteiger partial charge in [-0.3, -0.25) is 4.79 Å². The van der Waals surface area contributed by atoms with Gasteiger partial charge in [0.15, 0.2) is 0 Å². The van der Waals surface area contributed by atoms with Crippen LogP contribution in [0.25, 0.3) is 0 Å². The highest BCUT2D eigenvalue weighted by molar-refractivity contribution is 5.95. The first-order valence-corrected chi connectivity index (χ1v) is 11.1. The van der Waals surface area contributed by atoms with Gasteiger partial charge in [-0.25, -0.2) is 4.99 Å². The maximum absolute atomic E-state index is 12.9. The van der Waals surface area contributed by atoms with Crippen LogP contribution >= 0.6 is 0 Å². The molecule has 1 saturated heterocycles. The smallest absolute Gasteiger partial charge is 0.253 e. The molecule has 2 aliphatic rings. The van der Waals surface area contributed by atoms with Crippen LogP contribution in [0.2, 0.25) is 0 Å². The average molecular weight is 405 g/mol. The summed E-state index contributed by atoms with van der Waals surface area (Å²) < 4.78 is 5.54. The summed E-state index contributed by atoms with van der Waals surface area (Å²) in [6, 6.07) is 16.7. The van der Waals surface area contributed by atoms with Gasteiger partial charge in [-0.2, -0.15) is 0 Å². The fourth-order valence-electron chi connectivity index (χ4n) is 4.26. The van der Waals surface area contributed by atoms with Crippen molar-refractivity contribution in [2.45, 2.75) is 45.4 Å². The predicted octanol–water partition coefficient (Wildman–Crippen LogP) is 4.86. The Morgan fingerprint density at radius 1 is 1.03 bits per heavy atom. The van der Waals surface area contributed by atoms with Gasteiger partial charge in [0, 0.05) is 24.2 Å². The van der Waals surface area contributed by atoms with Gasteiger partial charge < -0.3 is 9.64 Å². The Morgan fingerprint density at radius 2 is 1.70 bits per heavy atom. The van der Waals surface area contributed by atoms with Gasteiger partial charge in [-0.05, 0) is 66.0 Å². The molecule has 2 aliphatic heterocycles. The van der Waals surface area contributed by atoms with E-state index in [9.17, 15) is 4.79 Å². The van der Waals surface area contributed by atoms with Crippen molar-refractivity contribution < 1.29 is 9.53 Å². The fourth-order valence-corrected chi connectivity index (χ4v) is 4.26. The van der Waals surface area contributed by atoms with Crippen LogP contribution in [-0.2, 0) is 16.6 Å². The number of ether oxygens (including phenoxy) is 1. The summed E-state index contributed by atoms with van der Waals surface area (Å²) in [7, 11) is 0. The maximum atomic E-state index is 12.9. The van der Waals surface area contributed by atoms with E-state index in [1.807, 2.05) is 17.0 Å². The van der Waals surface area contributed by atoms with Crippen molar-refractivity contribution in [3.05, 3.63) is 70.8 Å².